The first-order chi connectivity index (χ1) is 17.0. The highest BCUT2D eigenvalue weighted by Gasteiger charge is 2.35. The molecule has 5 nitrogen and oxygen atoms in total. The van der Waals surface area contributed by atoms with Gasteiger partial charge in [-0.15, -0.1) is 11.3 Å². The number of fused-ring (bicyclic) bond motifs is 1. The van der Waals surface area contributed by atoms with E-state index in [0.717, 1.165) is 24.0 Å². The molecule has 4 rings (SSSR count). The summed E-state index contributed by atoms with van der Waals surface area (Å²) >= 11 is 1.76. The Labute approximate surface area is 212 Å². The van der Waals surface area contributed by atoms with E-state index in [-0.39, 0.29) is 37.0 Å². The van der Waals surface area contributed by atoms with Crippen LogP contribution in [0.1, 0.15) is 53.4 Å². The molecule has 0 fully saturated rings. The third kappa shape index (κ3) is 5.82. The minimum absolute atomic E-state index is 0.0215. The quantitative estimate of drug-likeness (QED) is 0.405. The summed E-state index contributed by atoms with van der Waals surface area (Å²) in [6.07, 6.45) is 1.62. The topological polar surface area (TPSA) is 49.9 Å². The summed E-state index contributed by atoms with van der Waals surface area (Å²) < 4.78 is 5.71. The van der Waals surface area contributed by atoms with Crippen LogP contribution in [0.3, 0.4) is 0 Å². The van der Waals surface area contributed by atoms with Gasteiger partial charge in [-0.25, -0.2) is 0 Å². The number of carbonyl (C=O) groups is 2. The van der Waals surface area contributed by atoms with Crippen LogP contribution < -0.4 is 0 Å². The van der Waals surface area contributed by atoms with Crippen molar-refractivity contribution in [2.75, 3.05) is 19.7 Å². The average molecular weight is 491 g/mol. The minimum atomic E-state index is -0.149. The van der Waals surface area contributed by atoms with Gasteiger partial charge in [0.25, 0.3) is 0 Å². The fourth-order valence-electron chi connectivity index (χ4n) is 4.67. The SMILES string of the molecule is CCC(C)N(CC(=O)N1CCc2sccc2C1c1ccccc1C)C(=O)COCc1ccccc1. The second kappa shape index (κ2) is 11.6. The van der Waals surface area contributed by atoms with Crippen molar-refractivity contribution in [3.05, 3.63) is 93.2 Å². The molecule has 2 aromatic carbocycles. The third-order valence-corrected chi connectivity index (χ3v) is 7.85. The van der Waals surface area contributed by atoms with Gasteiger partial charge in [-0.1, -0.05) is 61.5 Å². The summed E-state index contributed by atoms with van der Waals surface area (Å²) in [5.74, 6) is -0.170. The standard InChI is InChI=1S/C29H34N2O3S/c1-4-22(3)31(28(33)20-34-19-23-11-6-5-7-12-23)18-27(32)30-16-14-26-25(15-17-35-26)29(30)24-13-9-8-10-21(24)2/h5-13,15,17,22,29H,4,14,16,18-20H2,1-3H3. The number of aryl methyl sites for hydroxylation is 1. The van der Waals surface area contributed by atoms with Gasteiger partial charge in [0.15, 0.2) is 0 Å². The Morgan fingerprint density at radius 2 is 1.83 bits per heavy atom. The summed E-state index contributed by atoms with van der Waals surface area (Å²) in [5, 5.41) is 2.11. The smallest absolute Gasteiger partial charge is 0.249 e. The Morgan fingerprint density at radius 1 is 1.09 bits per heavy atom. The number of thiophene rings is 1. The highest BCUT2D eigenvalue weighted by molar-refractivity contribution is 7.10. The third-order valence-electron chi connectivity index (χ3n) is 6.86. The van der Waals surface area contributed by atoms with E-state index < -0.39 is 0 Å². The Bertz CT molecular complexity index is 1140. The molecule has 2 atom stereocenters. The van der Waals surface area contributed by atoms with Crippen molar-refractivity contribution < 1.29 is 14.3 Å². The predicted octanol–water partition coefficient (Wildman–Crippen LogP) is 5.37. The van der Waals surface area contributed by atoms with E-state index in [0.29, 0.717) is 13.2 Å². The van der Waals surface area contributed by atoms with Gasteiger partial charge in [-0.2, -0.15) is 0 Å². The van der Waals surface area contributed by atoms with Crippen LogP contribution in [0.25, 0.3) is 0 Å². The molecule has 6 heteroatoms. The number of ether oxygens (including phenoxy) is 1. The monoisotopic (exact) mass is 490 g/mol. The maximum atomic E-state index is 13.7. The minimum Gasteiger partial charge on any atom is -0.367 e. The number of nitrogens with zero attached hydrogens (tertiary/aromatic N) is 2. The molecule has 2 heterocycles. The molecule has 0 saturated carbocycles. The molecule has 0 radical (unpaired) electrons. The van der Waals surface area contributed by atoms with E-state index in [1.165, 1.54) is 16.0 Å². The normalized spacial score (nSPS) is 16.0. The summed E-state index contributed by atoms with van der Waals surface area (Å²) in [6, 6.07) is 20.0. The molecule has 2 unspecified atom stereocenters. The molecular formula is C29H34N2O3S. The number of benzene rings is 2. The van der Waals surface area contributed by atoms with E-state index in [9.17, 15) is 9.59 Å². The van der Waals surface area contributed by atoms with Crippen LogP contribution in [0.2, 0.25) is 0 Å². The zero-order chi connectivity index (χ0) is 24.8. The second-order valence-electron chi connectivity index (χ2n) is 9.15. The molecule has 3 aromatic rings. The maximum absolute atomic E-state index is 13.7. The van der Waals surface area contributed by atoms with Crippen LogP contribution in [0.4, 0.5) is 0 Å². The van der Waals surface area contributed by atoms with E-state index >= 15 is 0 Å². The Balaban J connectivity index is 1.50. The number of rotatable bonds is 9. The molecule has 0 aliphatic carbocycles. The van der Waals surface area contributed by atoms with Gasteiger partial charge in [-0.05, 0) is 60.4 Å². The number of amides is 2. The molecule has 2 amide bonds. The van der Waals surface area contributed by atoms with Crippen molar-refractivity contribution in [1.82, 2.24) is 9.80 Å². The fourth-order valence-corrected chi connectivity index (χ4v) is 5.58. The van der Waals surface area contributed by atoms with Gasteiger partial charge >= 0.3 is 0 Å². The summed E-state index contributed by atoms with van der Waals surface area (Å²) in [6.45, 7) is 7.17. The molecule has 0 N–H and O–H groups in total. The van der Waals surface area contributed by atoms with Crippen LogP contribution in [0, 0.1) is 6.92 Å². The Morgan fingerprint density at radius 3 is 2.57 bits per heavy atom. The largest absolute Gasteiger partial charge is 0.367 e. The van der Waals surface area contributed by atoms with Crippen molar-refractivity contribution >= 4 is 23.2 Å². The lowest BCUT2D eigenvalue weighted by molar-refractivity contribution is -0.146. The maximum Gasteiger partial charge on any atom is 0.249 e. The van der Waals surface area contributed by atoms with Crippen LogP contribution >= 0.6 is 11.3 Å². The fraction of sp³-hybridized carbons (Fsp3) is 0.379. The summed E-state index contributed by atoms with van der Waals surface area (Å²) in [7, 11) is 0. The van der Waals surface area contributed by atoms with Gasteiger partial charge < -0.3 is 14.5 Å². The highest BCUT2D eigenvalue weighted by atomic mass is 32.1. The molecule has 0 bridgehead atoms. The lowest BCUT2D eigenvalue weighted by atomic mass is 9.90. The predicted molar refractivity (Wildman–Crippen MR) is 140 cm³/mol. The van der Waals surface area contributed by atoms with Crippen molar-refractivity contribution in [2.45, 2.75) is 52.3 Å². The number of hydrogen-bond acceptors (Lipinski definition) is 4. The number of carbonyl (C=O) groups excluding carboxylic acids is 2. The van der Waals surface area contributed by atoms with Gasteiger partial charge in [0, 0.05) is 17.5 Å². The lowest BCUT2D eigenvalue weighted by Crippen LogP contribution is -2.50. The van der Waals surface area contributed by atoms with Gasteiger partial charge in [-0.3, -0.25) is 9.59 Å². The van der Waals surface area contributed by atoms with Crippen LogP contribution in [-0.4, -0.2) is 47.4 Å². The first-order valence-corrected chi connectivity index (χ1v) is 13.2. The zero-order valence-corrected chi connectivity index (χ0v) is 21.6. The molecule has 1 aliphatic heterocycles. The molecule has 0 saturated heterocycles. The van der Waals surface area contributed by atoms with Crippen molar-refractivity contribution in [2.24, 2.45) is 0 Å². The molecular weight excluding hydrogens is 456 g/mol. The lowest BCUT2D eigenvalue weighted by Gasteiger charge is -2.39. The van der Waals surface area contributed by atoms with Crippen molar-refractivity contribution in [3.8, 4) is 0 Å². The van der Waals surface area contributed by atoms with E-state index in [1.54, 1.807) is 16.2 Å². The Hall–Kier alpha value is -2.96. The molecule has 1 aromatic heterocycles. The highest BCUT2D eigenvalue weighted by Crippen LogP contribution is 2.39. The number of hydrogen-bond donors (Lipinski definition) is 0. The average Bonchev–Trinajstić information content (AvgIpc) is 3.36. The Kier molecular flexibility index (Phi) is 8.37. The molecule has 1 aliphatic rings. The van der Waals surface area contributed by atoms with Crippen molar-refractivity contribution in [1.29, 1.82) is 0 Å². The van der Waals surface area contributed by atoms with Gasteiger partial charge in [0.2, 0.25) is 11.8 Å². The second-order valence-corrected chi connectivity index (χ2v) is 10.2. The van der Waals surface area contributed by atoms with E-state index in [4.69, 9.17) is 4.74 Å². The molecule has 0 spiro atoms. The molecule has 35 heavy (non-hydrogen) atoms. The van der Waals surface area contributed by atoms with Crippen LogP contribution in [-0.2, 0) is 27.4 Å². The van der Waals surface area contributed by atoms with Crippen molar-refractivity contribution in [3.63, 3.8) is 0 Å². The van der Waals surface area contributed by atoms with E-state index in [1.807, 2.05) is 61.2 Å². The zero-order valence-electron chi connectivity index (χ0n) is 20.8. The first kappa shape index (κ1) is 25.1. The first-order valence-electron chi connectivity index (χ1n) is 12.3. The summed E-state index contributed by atoms with van der Waals surface area (Å²) in [5.41, 5.74) is 4.54. The van der Waals surface area contributed by atoms with E-state index in [2.05, 4.69) is 30.5 Å². The van der Waals surface area contributed by atoms with Gasteiger partial charge in [0.1, 0.15) is 13.2 Å². The van der Waals surface area contributed by atoms with Crippen LogP contribution in [0.5, 0.6) is 0 Å². The summed E-state index contributed by atoms with van der Waals surface area (Å²) in [4.78, 5) is 31.9. The molecule has 184 valence electrons. The van der Waals surface area contributed by atoms with Crippen LogP contribution in [0.15, 0.2) is 66.0 Å². The van der Waals surface area contributed by atoms with Gasteiger partial charge in [0.05, 0.1) is 12.6 Å².